The van der Waals surface area contributed by atoms with E-state index in [0.29, 0.717) is 0 Å². The average Bonchev–Trinajstić information content (AvgIpc) is 2.27. The average molecular weight is 286 g/mol. The molecule has 0 saturated heterocycles. The predicted octanol–water partition coefficient (Wildman–Crippen LogP) is 3.35. The van der Waals surface area contributed by atoms with Crippen molar-refractivity contribution in [2.24, 2.45) is 0 Å². The number of hydrogen-bond acceptors (Lipinski definition) is 2. The van der Waals surface area contributed by atoms with Crippen molar-refractivity contribution >= 4 is 23.3 Å². The van der Waals surface area contributed by atoms with Crippen molar-refractivity contribution in [1.29, 1.82) is 0 Å². The summed E-state index contributed by atoms with van der Waals surface area (Å²) in [4.78, 5) is 10.8. The van der Waals surface area contributed by atoms with Crippen molar-refractivity contribution in [2.75, 3.05) is 11.9 Å². The molecule has 100 valence electrons. The molecular formula is C10H8ClF4NO2. The molecule has 0 aliphatic rings. The van der Waals surface area contributed by atoms with Crippen LogP contribution in [0.3, 0.4) is 0 Å². The Balaban J connectivity index is 2.89. The number of carboxylic acids is 1. The summed E-state index contributed by atoms with van der Waals surface area (Å²) in [5.74, 6) is -5.64. The van der Waals surface area contributed by atoms with Gasteiger partial charge >= 0.3 is 18.3 Å². The van der Waals surface area contributed by atoms with Crippen LogP contribution in [0.15, 0.2) is 18.2 Å². The van der Waals surface area contributed by atoms with E-state index in [9.17, 15) is 22.4 Å². The predicted molar refractivity (Wildman–Crippen MR) is 57.9 cm³/mol. The van der Waals surface area contributed by atoms with E-state index in [0.717, 1.165) is 12.1 Å². The fraction of sp³-hybridized carbons (Fsp3) is 0.300. The minimum Gasteiger partial charge on any atom is -0.478 e. The second kappa shape index (κ2) is 5.43. The van der Waals surface area contributed by atoms with Gasteiger partial charge in [-0.2, -0.15) is 8.78 Å². The van der Waals surface area contributed by atoms with Crippen LogP contribution in [0.2, 0.25) is 5.02 Å². The zero-order chi connectivity index (χ0) is 13.9. The first-order valence-corrected chi connectivity index (χ1v) is 5.04. The Morgan fingerprint density at radius 1 is 1.44 bits per heavy atom. The summed E-state index contributed by atoms with van der Waals surface area (Å²) in [5, 5.41) is 10.9. The van der Waals surface area contributed by atoms with Gasteiger partial charge in [-0.3, -0.25) is 0 Å². The molecule has 0 heterocycles. The number of nitrogens with one attached hydrogen (secondary N) is 1. The molecule has 0 spiro atoms. The topological polar surface area (TPSA) is 49.3 Å². The molecule has 0 radical (unpaired) electrons. The Labute approximate surface area is 104 Å². The van der Waals surface area contributed by atoms with Gasteiger partial charge < -0.3 is 10.4 Å². The summed E-state index contributed by atoms with van der Waals surface area (Å²) < 4.78 is 49.1. The Hall–Kier alpha value is -1.50. The monoisotopic (exact) mass is 285 g/mol. The van der Waals surface area contributed by atoms with Gasteiger partial charge in [-0.15, -0.1) is 0 Å². The molecule has 0 unspecified atom stereocenters. The SMILES string of the molecule is O=C(O)c1cc(Cl)ccc1NCC(F)(F)C(F)F. The van der Waals surface area contributed by atoms with Crippen molar-refractivity contribution in [1.82, 2.24) is 0 Å². The summed E-state index contributed by atoms with van der Waals surface area (Å²) in [6.45, 7) is -1.37. The van der Waals surface area contributed by atoms with E-state index in [4.69, 9.17) is 16.7 Å². The lowest BCUT2D eigenvalue weighted by Gasteiger charge is -2.17. The molecule has 3 nitrogen and oxygen atoms in total. The number of benzene rings is 1. The number of rotatable bonds is 5. The zero-order valence-corrected chi connectivity index (χ0v) is 9.52. The smallest absolute Gasteiger partial charge is 0.337 e. The summed E-state index contributed by atoms with van der Waals surface area (Å²) in [6, 6.07) is 3.43. The van der Waals surface area contributed by atoms with Gasteiger partial charge in [0.2, 0.25) is 0 Å². The maximum absolute atomic E-state index is 12.7. The van der Waals surface area contributed by atoms with E-state index in [2.05, 4.69) is 0 Å². The van der Waals surface area contributed by atoms with Crippen LogP contribution in [0.5, 0.6) is 0 Å². The van der Waals surface area contributed by atoms with Crippen LogP contribution < -0.4 is 5.32 Å². The van der Waals surface area contributed by atoms with Gasteiger partial charge in [0.25, 0.3) is 0 Å². The summed E-state index contributed by atoms with van der Waals surface area (Å²) in [7, 11) is 0. The maximum atomic E-state index is 12.7. The van der Waals surface area contributed by atoms with Gasteiger partial charge in [0.1, 0.15) is 0 Å². The molecule has 0 atom stereocenters. The lowest BCUT2D eigenvalue weighted by atomic mass is 10.1. The summed E-state index contributed by atoms with van der Waals surface area (Å²) >= 11 is 5.54. The van der Waals surface area contributed by atoms with E-state index < -0.39 is 24.9 Å². The minimum absolute atomic E-state index is 0.0959. The van der Waals surface area contributed by atoms with Crippen LogP contribution in [0.25, 0.3) is 0 Å². The third-order valence-corrected chi connectivity index (χ3v) is 2.28. The van der Waals surface area contributed by atoms with Crippen LogP contribution in [0.1, 0.15) is 10.4 Å². The second-order valence-electron chi connectivity index (χ2n) is 3.41. The first kappa shape index (κ1) is 14.6. The molecule has 0 aliphatic carbocycles. The molecule has 1 aromatic carbocycles. The molecule has 1 aromatic rings. The quantitative estimate of drug-likeness (QED) is 0.816. The molecule has 0 fully saturated rings. The highest BCUT2D eigenvalue weighted by Crippen LogP contribution is 2.25. The van der Waals surface area contributed by atoms with E-state index in [1.807, 2.05) is 5.32 Å². The van der Waals surface area contributed by atoms with Crippen molar-refractivity contribution in [3.05, 3.63) is 28.8 Å². The van der Waals surface area contributed by atoms with E-state index in [1.54, 1.807) is 0 Å². The molecule has 0 bridgehead atoms. The fourth-order valence-corrected chi connectivity index (χ4v) is 1.31. The number of alkyl halides is 4. The summed E-state index contributed by atoms with van der Waals surface area (Å²) in [6.07, 6.45) is -3.83. The number of aromatic carboxylic acids is 1. The molecule has 1 rings (SSSR count). The number of halogens is 5. The number of hydrogen-bond donors (Lipinski definition) is 2. The molecular weight excluding hydrogens is 278 g/mol. The largest absolute Gasteiger partial charge is 0.478 e. The Morgan fingerprint density at radius 3 is 2.56 bits per heavy atom. The first-order valence-electron chi connectivity index (χ1n) is 4.66. The highest BCUT2D eigenvalue weighted by atomic mass is 35.5. The van der Waals surface area contributed by atoms with Crippen LogP contribution in [-0.4, -0.2) is 30.0 Å². The normalized spacial score (nSPS) is 11.7. The lowest BCUT2D eigenvalue weighted by molar-refractivity contribution is -0.117. The Bertz CT molecular complexity index is 454. The van der Waals surface area contributed by atoms with Gasteiger partial charge in [0.05, 0.1) is 12.1 Å². The van der Waals surface area contributed by atoms with Crippen molar-refractivity contribution in [3.8, 4) is 0 Å². The van der Waals surface area contributed by atoms with Gasteiger partial charge in [-0.1, -0.05) is 11.6 Å². The molecule has 18 heavy (non-hydrogen) atoms. The van der Waals surface area contributed by atoms with Crippen LogP contribution in [0, 0.1) is 0 Å². The van der Waals surface area contributed by atoms with Crippen LogP contribution in [-0.2, 0) is 0 Å². The number of anilines is 1. The van der Waals surface area contributed by atoms with Gasteiger partial charge in [-0.05, 0) is 18.2 Å². The molecule has 0 saturated carbocycles. The molecule has 0 aromatic heterocycles. The van der Waals surface area contributed by atoms with Crippen molar-refractivity contribution in [3.63, 3.8) is 0 Å². The lowest BCUT2D eigenvalue weighted by Crippen LogP contribution is -2.35. The molecule has 0 aliphatic heterocycles. The van der Waals surface area contributed by atoms with E-state index >= 15 is 0 Å². The molecule has 0 amide bonds. The Morgan fingerprint density at radius 2 is 2.06 bits per heavy atom. The third kappa shape index (κ3) is 3.49. The number of carboxylic acid groups (broad SMARTS) is 1. The Kier molecular flexibility index (Phi) is 4.39. The zero-order valence-electron chi connectivity index (χ0n) is 8.76. The van der Waals surface area contributed by atoms with Crippen LogP contribution >= 0.6 is 11.6 Å². The van der Waals surface area contributed by atoms with Gasteiger partial charge in [0.15, 0.2) is 0 Å². The third-order valence-electron chi connectivity index (χ3n) is 2.05. The van der Waals surface area contributed by atoms with E-state index in [-0.39, 0.29) is 16.3 Å². The number of carbonyl (C=O) groups is 1. The second-order valence-corrected chi connectivity index (χ2v) is 3.85. The fourth-order valence-electron chi connectivity index (χ4n) is 1.14. The van der Waals surface area contributed by atoms with Gasteiger partial charge in [0, 0.05) is 10.7 Å². The highest BCUT2D eigenvalue weighted by molar-refractivity contribution is 6.31. The van der Waals surface area contributed by atoms with Crippen LogP contribution in [0.4, 0.5) is 23.2 Å². The maximum Gasteiger partial charge on any atom is 0.337 e. The standard InChI is InChI=1S/C10H8ClF4NO2/c11-5-1-2-7(6(3-5)8(17)18)16-4-10(14,15)9(12)13/h1-3,9,16H,4H2,(H,17,18). The van der Waals surface area contributed by atoms with Crippen molar-refractivity contribution < 1.29 is 27.5 Å². The van der Waals surface area contributed by atoms with E-state index in [1.165, 1.54) is 6.07 Å². The minimum atomic E-state index is -4.24. The summed E-state index contributed by atoms with van der Waals surface area (Å²) in [5.41, 5.74) is -0.570. The highest BCUT2D eigenvalue weighted by Gasteiger charge is 2.40. The molecule has 8 heteroatoms. The first-order chi connectivity index (χ1) is 8.24. The molecule has 2 N–H and O–H groups in total. The van der Waals surface area contributed by atoms with Crippen molar-refractivity contribution in [2.45, 2.75) is 12.3 Å². The van der Waals surface area contributed by atoms with Gasteiger partial charge in [-0.25, -0.2) is 13.6 Å².